The third-order valence-corrected chi connectivity index (χ3v) is 2.44. The van der Waals surface area contributed by atoms with Gasteiger partial charge in [0.1, 0.15) is 0 Å². The van der Waals surface area contributed by atoms with E-state index in [9.17, 15) is 18.0 Å². The fourth-order valence-corrected chi connectivity index (χ4v) is 1.36. The first kappa shape index (κ1) is 15.1. The van der Waals surface area contributed by atoms with Crippen molar-refractivity contribution in [1.82, 2.24) is 4.90 Å². The summed E-state index contributed by atoms with van der Waals surface area (Å²) in [6.45, 7) is -0.358. The molecule has 0 atom stereocenters. The van der Waals surface area contributed by atoms with Gasteiger partial charge in [-0.25, -0.2) is 0 Å². The summed E-state index contributed by atoms with van der Waals surface area (Å²) in [4.78, 5) is 12.6. The van der Waals surface area contributed by atoms with E-state index < -0.39 is 18.5 Å². The molecule has 0 radical (unpaired) electrons. The molecule has 3 nitrogen and oxygen atoms in total. The molecule has 0 unspecified atom stereocenters. The summed E-state index contributed by atoms with van der Waals surface area (Å²) >= 11 is 0. The van der Waals surface area contributed by atoms with Crippen LogP contribution in [0, 0.1) is 0 Å². The van der Waals surface area contributed by atoms with Gasteiger partial charge in [0, 0.05) is 25.4 Å². The van der Waals surface area contributed by atoms with Crippen molar-refractivity contribution >= 4 is 17.7 Å². The van der Waals surface area contributed by atoms with E-state index in [0.29, 0.717) is 5.69 Å². The Morgan fingerprint density at radius 3 is 2.68 bits per heavy atom. The molecule has 0 bridgehead atoms. The highest BCUT2D eigenvalue weighted by Gasteiger charge is 2.27. The van der Waals surface area contributed by atoms with Crippen molar-refractivity contribution in [2.45, 2.75) is 12.6 Å². The fourth-order valence-electron chi connectivity index (χ4n) is 1.36. The van der Waals surface area contributed by atoms with Gasteiger partial charge in [0.05, 0.1) is 6.42 Å². The summed E-state index contributed by atoms with van der Waals surface area (Å²) in [6.07, 6.45) is -2.53. The second-order valence-corrected chi connectivity index (χ2v) is 4.13. The van der Waals surface area contributed by atoms with E-state index in [4.69, 9.17) is 5.73 Å². The van der Waals surface area contributed by atoms with Gasteiger partial charge < -0.3 is 10.6 Å². The lowest BCUT2D eigenvalue weighted by molar-refractivity contribution is -0.142. The zero-order valence-corrected chi connectivity index (χ0v) is 10.4. The first-order valence-electron chi connectivity index (χ1n) is 5.63. The molecule has 0 heterocycles. The smallest absolute Gasteiger partial charge is 0.390 e. The Morgan fingerprint density at radius 1 is 1.42 bits per heavy atom. The van der Waals surface area contributed by atoms with Crippen LogP contribution in [0.3, 0.4) is 0 Å². The number of nitrogens with zero attached hydrogens (tertiary/aromatic N) is 1. The first-order valence-corrected chi connectivity index (χ1v) is 5.63. The Labute approximate surface area is 109 Å². The molecule has 104 valence electrons. The van der Waals surface area contributed by atoms with Gasteiger partial charge in [-0.15, -0.1) is 0 Å². The summed E-state index contributed by atoms with van der Waals surface area (Å²) < 4.78 is 36.0. The van der Waals surface area contributed by atoms with Gasteiger partial charge in [0.15, 0.2) is 0 Å². The highest BCUT2D eigenvalue weighted by atomic mass is 19.4. The Morgan fingerprint density at radius 2 is 2.11 bits per heavy atom. The van der Waals surface area contributed by atoms with Crippen LogP contribution in [-0.2, 0) is 4.79 Å². The number of alkyl halides is 3. The van der Waals surface area contributed by atoms with E-state index in [1.165, 1.54) is 19.2 Å². The number of rotatable bonds is 4. The van der Waals surface area contributed by atoms with Crippen molar-refractivity contribution in [1.29, 1.82) is 0 Å². The minimum Gasteiger partial charge on any atom is -0.399 e. The van der Waals surface area contributed by atoms with Crippen LogP contribution < -0.4 is 5.73 Å². The summed E-state index contributed by atoms with van der Waals surface area (Å²) in [5, 5.41) is 0. The van der Waals surface area contributed by atoms with E-state index in [1.807, 2.05) is 0 Å². The van der Waals surface area contributed by atoms with Gasteiger partial charge in [0.2, 0.25) is 5.91 Å². The standard InChI is InChI=1S/C13H15F3N2O/c1-18(8-7-13(14,15)16)12(19)6-5-10-3-2-4-11(17)9-10/h2-6,9H,7-8,17H2,1H3/b6-5+. The molecule has 1 amide bonds. The molecule has 0 saturated carbocycles. The molecule has 2 N–H and O–H groups in total. The molecule has 19 heavy (non-hydrogen) atoms. The van der Waals surface area contributed by atoms with Crippen LogP contribution >= 0.6 is 0 Å². The van der Waals surface area contributed by atoms with E-state index in [-0.39, 0.29) is 6.54 Å². The minimum atomic E-state index is -4.26. The summed E-state index contributed by atoms with van der Waals surface area (Å²) in [5.41, 5.74) is 6.84. The normalized spacial score (nSPS) is 11.8. The van der Waals surface area contributed by atoms with Crippen LogP contribution in [0.1, 0.15) is 12.0 Å². The molecule has 1 aromatic carbocycles. The molecule has 0 aromatic heterocycles. The van der Waals surface area contributed by atoms with E-state index in [2.05, 4.69) is 0 Å². The lowest BCUT2D eigenvalue weighted by Gasteiger charge is -2.16. The Kier molecular flexibility index (Phi) is 4.97. The molecular weight excluding hydrogens is 257 g/mol. The molecule has 0 fully saturated rings. The fraction of sp³-hybridized carbons (Fsp3) is 0.308. The van der Waals surface area contributed by atoms with Gasteiger partial charge in [0.25, 0.3) is 0 Å². The maximum absolute atomic E-state index is 12.0. The van der Waals surface area contributed by atoms with Crippen molar-refractivity contribution < 1.29 is 18.0 Å². The van der Waals surface area contributed by atoms with Gasteiger partial charge in [-0.05, 0) is 23.8 Å². The lowest BCUT2D eigenvalue weighted by Crippen LogP contribution is -2.29. The average Bonchev–Trinajstić information content (AvgIpc) is 2.32. The quantitative estimate of drug-likeness (QED) is 0.676. The zero-order chi connectivity index (χ0) is 14.5. The van der Waals surface area contributed by atoms with E-state index >= 15 is 0 Å². The monoisotopic (exact) mass is 272 g/mol. The average molecular weight is 272 g/mol. The number of carbonyl (C=O) groups excluding carboxylic acids is 1. The van der Waals surface area contributed by atoms with Crippen LogP contribution in [0.4, 0.5) is 18.9 Å². The Hall–Kier alpha value is -1.98. The molecule has 0 aliphatic heterocycles. The number of carbonyl (C=O) groups is 1. The predicted octanol–water partition coefficient (Wildman–Crippen LogP) is 2.69. The second-order valence-electron chi connectivity index (χ2n) is 4.13. The molecule has 0 saturated heterocycles. The molecule has 0 aliphatic carbocycles. The van der Waals surface area contributed by atoms with Gasteiger partial charge in [-0.1, -0.05) is 12.1 Å². The third kappa shape index (κ3) is 5.94. The minimum absolute atomic E-state index is 0.358. The van der Waals surface area contributed by atoms with Crippen molar-refractivity contribution in [2.24, 2.45) is 0 Å². The van der Waals surface area contributed by atoms with E-state index in [0.717, 1.165) is 10.5 Å². The molecule has 0 spiro atoms. The number of hydrogen-bond acceptors (Lipinski definition) is 2. The summed E-state index contributed by atoms with van der Waals surface area (Å²) in [5.74, 6) is -0.480. The van der Waals surface area contributed by atoms with Crippen molar-refractivity contribution in [3.05, 3.63) is 35.9 Å². The van der Waals surface area contributed by atoms with Gasteiger partial charge in [-0.2, -0.15) is 13.2 Å². The number of halogens is 3. The SMILES string of the molecule is CN(CCC(F)(F)F)C(=O)/C=C/c1cccc(N)c1. The number of benzene rings is 1. The maximum atomic E-state index is 12.0. The largest absolute Gasteiger partial charge is 0.399 e. The zero-order valence-electron chi connectivity index (χ0n) is 10.4. The number of anilines is 1. The molecule has 1 aromatic rings. The topological polar surface area (TPSA) is 46.3 Å². The van der Waals surface area contributed by atoms with Crippen molar-refractivity contribution in [3.8, 4) is 0 Å². The van der Waals surface area contributed by atoms with Crippen LogP contribution in [0.5, 0.6) is 0 Å². The molecule has 6 heteroatoms. The second kappa shape index (κ2) is 6.26. The number of nitrogen functional groups attached to an aromatic ring is 1. The predicted molar refractivity (Wildman–Crippen MR) is 68.2 cm³/mol. The highest BCUT2D eigenvalue weighted by molar-refractivity contribution is 5.91. The first-order chi connectivity index (χ1) is 8.78. The van der Waals surface area contributed by atoms with Crippen molar-refractivity contribution in [2.75, 3.05) is 19.3 Å². The number of nitrogens with two attached hydrogens (primary N) is 1. The van der Waals surface area contributed by atoms with Crippen LogP contribution in [0.2, 0.25) is 0 Å². The molecule has 1 rings (SSSR count). The Balaban J connectivity index is 2.54. The van der Waals surface area contributed by atoms with Gasteiger partial charge >= 0.3 is 6.18 Å². The number of hydrogen-bond donors (Lipinski definition) is 1. The lowest BCUT2D eigenvalue weighted by atomic mass is 10.2. The van der Waals surface area contributed by atoms with Crippen LogP contribution in [0.15, 0.2) is 30.3 Å². The van der Waals surface area contributed by atoms with Crippen LogP contribution in [-0.4, -0.2) is 30.6 Å². The maximum Gasteiger partial charge on any atom is 0.390 e. The number of likely N-dealkylation sites (N-methyl/N-ethyl adjacent to an activating group) is 1. The number of amides is 1. The highest BCUT2D eigenvalue weighted by Crippen LogP contribution is 2.19. The van der Waals surface area contributed by atoms with E-state index in [1.54, 1.807) is 24.3 Å². The summed E-state index contributed by atoms with van der Waals surface area (Å²) in [6, 6.07) is 6.84. The van der Waals surface area contributed by atoms with Gasteiger partial charge in [-0.3, -0.25) is 4.79 Å². The Bertz CT molecular complexity index is 469. The summed E-state index contributed by atoms with van der Waals surface area (Å²) in [7, 11) is 1.33. The van der Waals surface area contributed by atoms with Crippen LogP contribution in [0.25, 0.3) is 6.08 Å². The third-order valence-electron chi connectivity index (χ3n) is 2.44. The molecule has 0 aliphatic rings. The van der Waals surface area contributed by atoms with Crippen molar-refractivity contribution in [3.63, 3.8) is 0 Å². The molecular formula is C13H15F3N2O.